The molecule has 7 nitrogen and oxygen atoms in total. The van der Waals surface area contributed by atoms with Gasteiger partial charge in [0.15, 0.2) is 0 Å². The van der Waals surface area contributed by atoms with Crippen molar-refractivity contribution in [2.24, 2.45) is 11.1 Å². The number of ether oxygens (including phenoxy) is 1. The minimum absolute atomic E-state index is 0.175. The SMILES string of the molecule is Cc1cccc(COCC2=NOC(Cc3ccccc3)(C(=O)NC(CC(C)C)B(O)O)C2)c1. The van der Waals surface area contributed by atoms with Crippen LogP contribution in [-0.4, -0.2) is 46.9 Å². The molecule has 2 atom stereocenters. The molecule has 0 saturated heterocycles. The summed E-state index contributed by atoms with van der Waals surface area (Å²) in [6.07, 6.45) is 0.996. The third-order valence-corrected chi connectivity index (χ3v) is 5.61. The first kappa shape index (κ1) is 25.0. The Hall–Kier alpha value is -2.68. The summed E-state index contributed by atoms with van der Waals surface area (Å²) in [6.45, 7) is 6.63. The van der Waals surface area contributed by atoms with Gasteiger partial charge in [-0.15, -0.1) is 0 Å². The minimum Gasteiger partial charge on any atom is -0.426 e. The van der Waals surface area contributed by atoms with Crippen molar-refractivity contribution in [2.45, 2.75) is 58.2 Å². The summed E-state index contributed by atoms with van der Waals surface area (Å²) in [6, 6.07) is 17.7. The first-order chi connectivity index (χ1) is 15.8. The number of benzene rings is 2. The molecule has 0 aromatic heterocycles. The number of nitrogens with one attached hydrogen (secondary N) is 1. The predicted octanol–water partition coefficient (Wildman–Crippen LogP) is 2.81. The summed E-state index contributed by atoms with van der Waals surface area (Å²) in [7, 11) is -1.66. The van der Waals surface area contributed by atoms with Gasteiger partial charge in [-0.1, -0.05) is 79.2 Å². The van der Waals surface area contributed by atoms with E-state index in [0.717, 1.165) is 11.1 Å². The summed E-state index contributed by atoms with van der Waals surface area (Å²) in [5.41, 5.74) is 2.52. The third-order valence-electron chi connectivity index (χ3n) is 5.61. The third kappa shape index (κ3) is 7.15. The van der Waals surface area contributed by atoms with Crippen LogP contribution in [0.2, 0.25) is 0 Å². The fourth-order valence-corrected chi connectivity index (χ4v) is 4.00. The maximum atomic E-state index is 13.4. The van der Waals surface area contributed by atoms with Crippen LogP contribution in [0.25, 0.3) is 0 Å². The second-order valence-corrected chi connectivity index (χ2v) is 9.19. The van der Waals surface area contributed by atoms with Crippen molar-refractivity contribution in [3.8, 4) is 0 Å². The van der Waals surface area contributed by atoms with E-state index in [1.54, 1.807) is 0 Å². The monoisotopic (exact) mass is 452 g/mol. The fraction of sp³-hybridized carbons (Fsp3) is 0.440. The highest BCUT2D eigenvalue weighted by atomic mass is 16.7. The van der Waals surface area contributed by atoms with E-state index in [4.69, 9.17) is 9.57 Å². The highest BCUT2D eigenvalue weighted by molar-refractivity contribution is 6.43. The molecule has 1 heterocycles. The van der Waals surface area contributed by atoms with Crippen LogP contribution in [0, 0.1) is 12.8 Å². The summed E-state index contributed by atoms with van der Waals surface area (Å²) in [5, 5.41) is 26.5. The lowest BCUT2D eigenvalue weighted by molar-refractivity contribution is -0.144. The summed E-state index contributed by atoms with van der Waals surface area (Å²) in [5.74, 6) is -1.04. The van der Waals surface area contributed by atoms with Crippen LogP contribution in [0.4, 0.5) is 0 Å². The Morgan fingerprint density at radius 2 is 1.88 bits per heavy atom. The molecule has 0 fully saturated rings. The van der Waals surface area contributed by atoms with Crippen LogP contribution < -0.4 is 5.32 Å². The van der Waals surface area contributed by atoms with Crippen molar-refractivity contribution < 1.29 is 24.4 Å². The average Bonchev–Trinajstić information content (AvgIpc) is 3.17. The fourth-order valence-electron chi connectivity index (χ4n) is 4.00. The normalized spacial score (nSPS) is 18.5. The molecule has 8 heteroatoms. The van der Waals surface area contributed by atoms with E-state index in [9.17, 15) is 14.8 Å². The number of rotatable bonds is 11. The maximum Gasteiger partial charge on any atom is 0.475 e. The highest BCUT2D eigenvalue weighted by Gasteiger charge is 2.48. The predicted molar refractivity (Wildman–Crippen MR) is 128 cm³/mol. The van der Waals surface area contributed by atoms with E-state index >= 15 is 0 Å². The molecule has 3 N–H and O–H groups in total. The lowest BCUT2D eigenvalue weighted by atomic mass is 9.74. The molecule has 1 aliphatic heterocycles. The molecular weight excluding hydrogens is 419 g/mol. The van der Waals surface area contributed by atoms with Crippen LogP contribution in [0.5, 0.6) is 0 Å². The molecular formula is C25H33BN2O5. The Kier molecular flexibility index (Phi) is 8.66. The van der Waals surface area contributed by atoms with Crippen molar-refractivity contribution in [3.63, 3.8) is 0 Å². The number of oxime groups is 1. The van der Waals surface area contributed by atoms with Crippen molar-refractivity contribution in [2.75, 3.05) is 6.61 Å². The van der Waals surface area contributed by atoms with Gasteiger partial charge in [0.1, 0.15) is 0 Å². The lowest BCUT2D eigenvalue weighted by Crippen LogP contribution is -2.56. The molecule has 33 heavy (non-hydrogen) atoms. The number of amides is 1. The van der Waals surface area contributed by atoms with Crippen LogP contribution in [0.15, 0.2) is 59.8 Å². The first-order valence-electron chi connectivity index (χ1n) is 11.4. The molecule has 2 aromatic rings. The maximum absolute atomic E-state index is 13.4. The van der Waals surface area contributed by atoms with E-state index in [1.165, 1.54) is 5.56 Å². The summed E-state index contributed by atoms with van der Waals surface area (Å²) >= 11 is 0. The number of hydrogen-bond donors (Lipinski definition) is 3. The summed E-state index contributed by atoms with van der Waals surface area (Å²) < 4.78 is 5.83. The zero-order valence-corrected chi connectivity index (χ0v) is 19.5. The number of hydrogen-bond acceptors (Lipinski definition) is 6. The van der Waals surface area contributed by atoms with Crippen molar-refractivity contribution in [1.82, 2.24) is 5.32 Å². The zero-order chi connectivity index (χ0) is 23.8. The molecule has 2 aromatic carbocycles. The van der Waals surface area contributed by atoms with Gasteiger partial charge >= 0.3 is 7.12 Å². The standard InChI is InChI=1S/C25H33BN2O5/c1-18(2)12-23(26(30)31)27-24(29)25(14-20-9-5-4-6-10-20)15-22(28-33-25)17-32-16-21-11-7-8-19(3)13-21/h4-11,13,18,23,30-31H,12,14-17H2,1-3H3,(H,27,29). The van der Waals surface area contributed by atoms with Gasteiger partial charge in [-0.25, -0.2) is 0 Å². The minimum atomic E-state index is -1.66. The van der Waals surface area contributed by atoms with Crippen LogP contribution in [0.3, 0.4) is 0 Å². The Bertz CT molecular complexity index is 951. The van der Waals surface area contributed by atoms with Gasteiger partial charge in [0.05, 0.1) is 24.9 Å². The average molecular weight is 452 g/mol. The molecule has 176 valence electrons. The molecule has 0 spiro atoms. The van der Waals surface area contributed by atoms with Gasteiger partial charge in [0.25, 0.3) is 5.91 Å². The molecule has 0 bridgehead atoms. The van der Waals surface area contributed by atoms with E-state index < -0.39 is 24.6 Å². The lowest BCUT2D eigenvalue weighted by Gasteiger charge is -2.29. The molecule has 3 rings (SSSR count). The largest absolute Gasteiger partial charge is 0.475 e. The smallest absolute Gasteiger partial charge is 0.426 e. The molecule has 0 radical (unpaired) electrons. The van der Waals surface area contributed by atoms with Crippen molar-refractivity contribution in [3.05, 3.63) is 71.3 Å². The van der Waals surface area contributed by atoms with Crippen molar-refractivity contribution in [1.29, 1.82) is 0 Å². The second-order valence-electron chi connectivity index (χ2n) is 9.19. The van der Waals surface area contributed by atoms with E-state index in [0.29, 0.717) is 25.2 Å². The van der Waals surface area contributed by atoms with Crippen molar-refractivity contribution >= 4 is 18.7 Å². The number of nitrogens with zero attached hydrogens (tertiary/aromatic N) is 1. The van der Waals surface area contributed by atoms with Crippen LogP contribution in [-0.2, 0) is 27.4 Å². The Morgan fingerprint density at radius 3 is 2.55 bits per heavy atom. The van der Waals surface area contributed by atoms with E-state index in [2.05, 4.69) is 16.5 Å². The first-order valence-corrected chi connectivity index (χ1v) is 11.4. The Balaban J connectivity index is 1.69. The van der Waals surface area contributed by atoms with Gasteiger partial charge in [-0.05, 0) is 30.4 Å². The van der Waals surface area contributed by atoms with Gasteiger partial charge in [0, 0.05) is 12.8 Å². The molecule has 0 aliphatic carbocycles. The van der Waals surface area contributed by atoms with Gasteiger partial charge in [-0.3, -0.25) is 4.79 Å². The summed E-state index contributed by atoms with van der Waals surface area (Å²) in [4.78, 5) is 19.1. The van der Waals surface area contributed by atoms with Crippen LogP contribution >= 0.6 is 0 Å². The molecule has 2 unspecified atom stereocenters. The van der Waals surface area contributed by atoms with E-state index in [1.807, 2.05) is 69.3 Å². The van der Waals surface area contributed by atoms with Gasteiger partial charge < -0.3 is 24.9 Å². The van der Waals surface area contributed by atoms with Gasteiger partial charge in [-0.2, -0.15) is 0 Å². The van der Waals surface area contributed by atoms with Crippen LogP contribution in [0.1, 0.15) is 43.4 Å². The molecule has 1 aliphatic rings. The molecule has 1 amide bonds. The Morgan fingerprint density at radius 1 is 1.15 bits per heavy atom. The quantitative estimate of drug-likeness (QED) is 0.456. The Labute approximate surface area is 195 Å². The highest BCUT2D eigenvalue weighted by Crippen LogP contribution is 2.29. The molecule has 0 saturated carbocycles. The second kappa shape index (κ2) is 11.5. The topological polar surface area (TPSA) is 100 Å². The number of carbonyl (C=O) groups excluding carboxylic acids is 1. The number of aryl methyl sites for hydroxylation is 1. The van der Waals surface area contributed by atoms with E-state index in [-0.39, 0.29) is 18.9 Å². The number of carbonyl (C=O) groups is 1. The zero-order valence-electron chi connectivity index (χ0n) is 19.5. The van der Waals surface area contributed by atoms with Gasteiger partial charge in [0.2, 0.25) is 5.60 Å².